The molecule has 0 amide bonds. The molecule has 3 aromatic rings. The Balaban J connectivity index is 1.35. The van der Waals surface area contributed by atoms with E-state index in [0.717, 1.165) is 44.0 Å². The second kappa shape index (κ2) is 10.8. The molecule has 1 aromatic carbocycles. The van der Waals surface area contributed by atoms with Gasteiger partial charge in [0.05, 0.1) is 11.1 Å². The average Bonchev–Trinajstić information content (AvgIpc) is 3.45. The summed E-state index contributed by atoms with van der Waals surface area (Å²) in [6.07, 6.45) is 4.58. The first kappa shape index (κ1) is 26.2. The maximum Gasteiger partial charge on any atom is 0.434 e. The van der Waals surface area contributed by atoms with E-state index in [1.165, 1.54) is 28.3 Å². The normalized spacial score (nSPS) is 17.8. The minimum Gasteiger partial charge on any atom is -0.327 e. The van der Waals surface area contributed by atoms with Crippen LogP contribution in [-0.4, -0.2) is 40.1 Å². The molecule has 0 bridgehead atoms. The summed E-state index contributed by atoms with van der Waals surface area (Å²) < 4.78 is 44.0. The number of aryl methyl sites for hydroxylation is 1. The van der Waals surface area contributed by atoms with E-state index in [1.54, 1.807) is 6.07 Å². The molecular weight excluding hydrogens is 522 g/mol. The van der Waals surface area contributed by atoms with Gasteiger partial charge in [0.2, 0.25) is 6.33 Å². The SMILES string of the molecule is NCCn1cc[n+](CC2C3=C(CCN2CCCc2ccc(Cl)c(C(F)(F)F)n2)c2cc(Cl)ccc2C3)c1. The minimum atomic E-state index is -4.56. The Morgan fingerprint density at radius 1 is 1.14 bits per heavy atom. The topological polar surface area (TPSA) is 51.0 Å². The van der Waals surface area contributed by atoms with Crippen LogP contribution in [0.2, 0.25) is 10.0 Å². The van der Waals surface area contributed by atoms with Crippen LogP contribution in [0.5, 0.6) is 0 Å². The number of benzene rings is 1. The number of hydrogen-bond acceptors (Lipinski definition) is 3. The molecule has 0 fully saturated rings. The van der Waals surface area contributed by atoms with Crippen LogP contribution in [-0.2, 0) is 32.1 Å². The van der Waals surface area contributed by atoms with Crippen LogP contribution < -0.4 is 10.3 Å². The van der Waals surface area contributed by atoms with E-state index in [4.69, 9.17) is 28.9 Å². The maximum atomic E-state index is 13.2. The van der Waals surface area contributed by atoms with Crippen molar-refractivity contribution >= 4 is 28.8 Å². The van der Waals surface area contributed by atoms with Crippen LogP contribution in [0.4, 0.5) is 13.2 Å². The number of aromatic nitrogens is 3. The Bertz CT molecular complexity index is 1320. The van der Waals surface area contributed by atoms with Crippen LogP contribution in [0.15, 0.2) is 54.6 Å². The lowest BCUT2D eigenvalue weighted by Crippen LogP contribution is -2.50. The number of imidazole rings is 1. The maximum absolute atomic E-state index is 13.2. The van der Waals surface area contributed by atoms with Crippen molar-refractivity contribution in [1.29, 1.82) is 0 Å². The van der Waals surface area contributed by atoms with Gasteiger partial charge in [-0.1, -0.05) is 29.3 Å². The molecule has 3 heterocycles. The summed E-state index contributed by atoms with van der Waals surface area (Å²) >= 11 is 12.1. The predicted molar refractivity (Wildman–Crippen MR) is 138 cm³/mol. The quantitative estimate of drug-likeness (QED) is 0.393. The minimum absolute atomic E-state index is 0.178. The van der Waals surface area contributed by atoms with E-state index in [9.17, 15) is 13.2 Å². The summed E-state index contributed by atoms with van der Waals surface area (Å²) in [5, 5.41) is 0.375. The number of rotatable bonds is 8. The van der Waals surface area contributed by atoms with E-state index in [-0.39, 0.29) is 11.1 Å². The Morgan fingerprint density at radius 2 is 1.97 bits per heavy atom. The molecule has 5 nitrogen and oxygen atoms in total. The van der Waals surface area contributed by atoms with Crippen LogP contribution in [0.25, 0.3) is 5.57 Å². The molecular formula is C27H29Cl2F3N5+. The highest BCUT2D eigenvalue weighted by Crippen LogP contribution is 2.42. The average molecular weight is 551 g/mol. The number of fused-ring (bicyclic) bond motifs is 2. The van der Waals surface area contributed by atoms with E-state index < -0.39 is 11.9 Å². The van der Waals surface area contributed by atoms with Gasteiger partial charge in [-0.15, -0.1) is 0 Å². The number of nitrogens with two attached hydrogens (primary N) is 1. The third kappa shape index (κ3) is 5.72. The van der Waals surface area contributed by atoms with Crippen molar-refractivity contribution in [2.45, 2.75) is 51.0 Å². The van der Waals surface area contributed by atoms with Gasteiger partial charge in [-0.2, -0.15) is 13.2 Å². The highest BCUT2D eigenvalue weighted by molar-refractivity contribution is 6.31. The molecule has 1 atom stereocenters. The lowest BCUT2D eigenvalue weighted by Gasteiger charge is -2.36. The summed E-state index contributed by atoms with van der Waals surface area (Å²) in [6.45, 7) is 3.75. The zero-order valence-corrected chi connectivity index (χ0v) is 21.8. The Kier molecular flexibility index (Phi) is 7.63. The summed E-state index contributed by atoms with van der Waals surface area (Å²) in [7, 11) is 0. The molecule has 2 aliphatic rings. The first-order valence-electron chi connectivity index (χ1n) is 12.4. The van der Waals surface area contributed by atoms with Crippen LogP contribution >= 0.6 is 23.2 Å². The van der Waals surface area contributed by atoms with Crippen molar-refractivity contribution in [2.24, 2.45) is 5.73 Å². The number of nitrogens with zero attached hydrogens (tertiary/aromatic N) is 4. The number of hydrogen-bond donors (Lipinski definition) is 1. The molecule has 0 saturated carbocycles. The summed E-state index contributed by atoms with van der Waals surface area (Å²) in [5.41, 5.74) is 10.5. The van der Waals surface area contributed by atoms with Gasteiger partial charge in [-0.3, -0.25) is 4.90 Å². The van der Waals surface area contributed by atoms with Crippen molar-refractivity contribution in [3.05, 3.63) is 87.2 Å². The highest BCUT2D eigenvalue weighted by Gasteiger charge is 2.37. The van der Waals surface area contributed by atoms with Gasteiger partial charge >= 0.3 is 6.18 Å². The van der Waals surface area contributed by atoms with Crippen molar-refractivity contribution in [1.82, 2.24) is 14.5 Å². The summed E-state index contributed by atoms with van der Waals surface area (Å²) in [4.78, 5) is 6.27. The molecule has 196 valence electrons. The molecule has 0 radical (unpaired) electrons. The molecule has 2 N–H and O–H groups in total. The molecule has 10 heteroatoms. The van der Waals surface area contributed by atoms with Gasteiger partial charge in [0.1, 0.15) is 25.5 Å². The third-order valence-corrected chi connectivity index (χ3v) is 7.77. The highest BCUT2D eigenvalue weighted by atomic mass is 35.5. The number of alkyl halides is 3. The van der Waals surface area contributed by atoms with Crippen molar-refractivity contribution < 1.29 is 17.7 Å². The largest absolute Gasteiger partial charge is 0.434 e. The Morgan fingerprint density at radius 3 is 2.76 bits per heavy atom. The van der Waals surface area contributed by atoms with Gasteiger partial charge < -0.3 is 5.73 Å². The van der Waals surface area contributed by atoms with Crippen molar-refractivity contribution in [3.63, 3.8) is 0 Å². The van der Waals surface area contributed by atoms with Crippen molar-refractivity contribution in [3.8, 4) is 0 Å². The van der Waals surface area contributed by atoms with Gasteiger partial charge in [0.25, 0.3) is 0 Å². The lowest BCUT2D eigenvalue weighted by molar-refractivity contribution is -0.699. The van der Waals surface area contributed by atoms with Gasteiger partial charge in [0, 0.05) is 23.8 Å². The standard InChI is InChI=1S/C27H29Cl2F3N5/c28-19-4-3-18-14-23-21(22(18)15-19)7-10-37(25(23)16-36-13-12-35(17-36)11-8-33)9-1-2-20-5-6-24(29)26(34-20)27(30,31)32/h3-6,12-13,15,17,25H,1-2,7-11,14,16,33H2/q+1. The molecule has 0 saturated heterocycles. The number of pyridine rings is 1. The lowest BCUT2D eigenvalue weighted by atomic mass is 9.92. The van der Waals surface area contributed by atoms with Crippen molar-refractivity contribution in [2.75, 3.05) is 19.6 Å². The van der Waals surface area contributed by atoms with E-state index in [0.29, 0.717) is 25.1 Å². The smallest absolute Gasteiger partial charge is 0.327 e. The fourth-order valence-corrected chi connectivity index (χ4v) is 5.90. The molecule has 0 spiro atoms. The Hall–Kier alpha value is -2.39. The van der Waals surface area contributed by atoms with E-state index in [2.05, 4.69) is 43.7 Å². The van der Waals surface area contributed by atoms with E-state index in [1.807, 2.05) is 12.3 Å². The predicted octanol–water partition coefficient (Wildman–Crippen LogP) is 5.17. The second-order valence-corrected chi connectivity index (χ2v) is 10.5. The Labute approximate surface area is 224 Å². The first-order chi connectivity index (χ1) is 17.7. The summed E-state index contributed by atoms with van der Waals surface area (Å²) in [5.74, 6) is 0. The van der Waals surface area contributed by atoms with Gasteiger partial charge in [-0.25, -0.2) is 14.1 Å². The van der Waals surface area contributed by atoms with Crippen LogP contribution in [0.1, 0.15) is 35.4 Å². The zero-order chi connectivity index (χ0) is 26.2. The van der Waals surface area contributed by atoms with Crippen LogP contribution in [0, 0.1) is 0 Å². The van der Waals surface area contributed by atoms with Gasteiger partial charge in [0.15, 0.2) is 5.69 Å². The molecule has 37 heavy (non-hydrogen) atoms. The molecule has 1 unspecified atom stereocenters. The summed E-state index contributed by atoms with van der Waals surface area (Å²) in [6, 6.07) is 9.18. The fraction of sp³-hybridized carbons (Fsp3) is 0.407. The molecule has 5 rings (SSSR count). The van der Waals surface area contributed by atoms with Gasteiger partial charge in [-0.05, 0) is 78.8 Å². The van der Waals surface area contributed by atoms with Crippen LogP contribution in [0.3, 0.4) is 0 Å². The number of halogens is 5. The monoisotopic (exact) mass is 550 g/mol. The zero-order valence-electron chi connectivity index (χ0n) is 20.3. The first-order valence-corrected chi connectivity index (χ1v) is 13.2. The molecule has 2 aromatic heterocycles. The second-order valence-electron chi connectivity index (χ2n) is 9.66. The van der Waals surface area contributed by atoms with E-state index >= 15 is 0 Å². The third-order valence-electron chi connectivity index (χ3n) is 7.23. The molecule has 1 aliphatic carbocycles. The fourth-order valence-electron chi connectivity index (χ4n) is 5.52. The molecule has 1 aliphatic heterocycles.